The molecule has 1 amide bonds. The third-order valence-electron chi connectivity index (χ3n) is 3.47. The molecule has 1 aromatic rings. The van der Waals surface area contributed by atoms with Crippen molar-refractivity contribution < 1.29 is 24.2 Å². The van der Waals surface area contributed by atoms with Crippen molar-refractivity contribution >= 4 is 35.2 Å². The average molecular weight is 330 g/mol. The SMILES string of the molecule is O=C(NC1(C(=O)O)CCSC1)c1cc(Cl)c2c(c1)OCO2. The monoisotopic (exact) mass is 329 g/mol. The molecule has 0 radical (unpaired) electrons. The Hall–Kier alpha value is -1.60. The van der Waals surface area contributed by atoms with Gasteiger partial charge < -0.3 is 19.9 Å². The number of rotatable bonds is 3. The minimum atomic E-state index is -1.22. The zero-order chi connectivity index (χ0) is 15.0. The number of benzene rings is 1. The molecule has 8 heteroatoms. The van der Waals surface area contributed by atoms with Gasteiger partial charge in [0.2, 0.25) is 6.79 Å². The van der Waals surface area contributed by atoms with Crippen LogP contribution < -0.4 is 14.8 Å². The third kappa shape index (κ3) is 2.51. The van der Waals surface area contributed by atoms with Crippen LogP contribution in [0.15, 0.2) is 12.1 Å². The van der Waals surface area contributed by atoms with E-state index < -0.39 is 17.4 Å². The summed E-state index contributed by atoms with van der Waals surface area (Å²) in [5, 5.41) is 12.2. The van der Waals surface area contributed by atoms with E-state index in [-0.39, 0.29) is 17.4 Å². The fourth-order valence-electron chi connectivity index (χ4n) is 2.27. The normalized spacial score (nSPS) is 23.1. The number of carboxylic acids is 1. The molecule has 1 atom stereocenters. The predicted molar refractivity (Wildman–Crippen MR) is 77.4 cm³/mol. The van der Waals surface area contributed by atoms with Gasteiger partial charge in [0.25, 0.3) is 5.91 Å². The summed E-state index contributed by atoms with van der Waals surface area (Å²) in [7, 11) is 0. The maximum atomic E-state index is 12.3. The van der Waals surface area contributed by atoms with Gasteiger partial charge >= 0.3 is 5.97 Å². The highest BCUT2D eigenvalue weighted by Gasteiger charge is 2.43. The topological polar surface area (TPSA) is 84.9 Å². The van der Waals surface area contributed by atoms with Crippen molar-refractivity contribution in [3.63, 3.8) is 0 Å². The van der Waals surface area contributed by atoms with Gasteiger partial charge in [-0.1, -0.05) is 11.6 Å². The molecule has 1 saturated heterocycles. The van der Waals surface area contributed by atoms with Crippen molar-refractivity contribution in [1.29, 1.82) is 0 Å². The second kappa shape index (κ2) is 5.31. The number of hydrogen-bond donors (Lipinski definition) is 2. The first-order chi connectivity index (χ1) is 10.0. The molecule has 112 valence electrons. The number of ether oxygens (including phenoxy) is 2. The summed E-state index contributed by atoms with van der Waals surface area (Å²) in [5.41, 5.74) is -0.966. The molecule has 1 unspecified atom stereocenters. The molecule has 0 aromatic heterocycles. The zero-order valence-electron chi connectivity index (χ0n) is 10.8. The minimum absolute atomic E-state index is 0.0514. The summed E-state index contributed by atoms with van der Waals surface area (Å²) in [4.78, 5) is 23.8. The number of halogens is 1. The molecule has 3 rings (SSSR count). The van der Waals surface area contributed by atoms with Crippen molar-refractivity contribution in [2.75, 3.05) is 18.3 Å². The summed E-state index contributed by atoms with van der Waals surface area (Å²) >= 11 is 7.53. The van der Waals surface area contributed by atoms with E-state index in [2.05, 4.69) is 5.32 Å². The number of fused-ring (bicyclic) bond motifs is 1. The van der Waals surface area contributed by atoms with Gasteiger partial charge in [0.1, 0.15) is 5.54 Å². The first-order valence-electron chi connectivity index (χ1n) is 6.25. The van der Waals surface area contributed by atoms with Crippen LogP contribution in [0.5, 0.6) is 11.5 Å². The van der Waals surface area contributed by atoms with Gasteiger partial charge in [-0.3, -0.25) is 4.79 Å². The number of carbonyl (C=O) groups is 2. The van der Waals surface area contributed by atoms with Gasteiger partial charge in [0, 0.05) is 11.3 Å². The lowest BCUT2D eigenvalue weighted by Crippen LogP contribution is -2.54. The van der Waals surface area contributed by atoms with E-state index in [0.717, 1.165) is 0 Å². The van der Waals surface area contributed by atoms with Crippen LogP contribution in [-0.4, -0.2) is 40.8 Å². The van der Waals surface area contributed by atoms with Crippen LogP contribution in [0.1, 0.15) is 16.8 Å². The first-order valence-corrected chi connectivity index (χ1v) is 7.78. The molecule has 1 aromatic carbocycles. The van der Waals surface area contributed by atoms with Gasteiger partial charge in [0.05, 0.1) is 5.02 Å². The molecular formula is C13H12ClNO5S. The van der Waals surface area contributed by atoms with E-state index in [4.69, 9.17) is 21.1 Å². The van der Waals surface area contributed by atoms with E-state index >= 15 is 0 Å². The van der Waals surface area contributed by atoms with Crippen LogP contribution >= 0.6 is 23.4 Å². The lowest BCUT2D eigenvalue weighted by atomic mass is 9.98. The Labute approximate surface area is 129 Å². The summed E-state index contributed by atoms with van der Waals surface area (Å²) in [6, 6.07) is 2.95. The van der Waals surface area contributed by atoms with Crippen LogP contribution in [0.4, 0.5) is 0 Å². The third-order valence-corrected chi connectivity index (χ3v) is 4.94. The van der Waals surface area contributed by atoms with Crippen LogP contribution in [0, 0.1) is 0 Å². The Morgan fingerprint density at radius 3 is 2.86 bits per heavy atom. The van der Waals surface area contributed by atoms with Gasteiger partial charge in [-0.25, -0.2) is 4.79 Å². The van der Waals surface area contributed by atoms with E-state index in [1.54, 1.807) is 0 Å². The van der Waals surface area contributed by atoms with Gasteiger partial charge in [-0.15, -0.1) is 0 Å². The standard InChI is InChI=1S/C13H12ClNO5S/c14-8-3-7(4-9-10(8)20-6-19-9)11(16)15-13(12(17)18)1-2-21-5-13/h3-4H,1-2,5-6H2,(H,15,16)(H,17,18). The lowest BCUT2D eigenvalue weighted by Gasteiger charge is -2.24. The molecule has 0 aliphatic carbocycles. The maximum absolute atomic E-state index is 12.3. The fourth-order valence-corrected chi connectivity index (χ4v) is 3.86. The minimum Gasteiger partial charge on any atom is -0.479 e. The molecule has 6 nitrogen and oxygen atoms in total. The number of carboxylic acid groups (broad SMARTS) is 1. The van der Waals surface area contributed by atoms with E-state index in [1.807, 2.05) is 0 Å². The number of thioether (sulfide) groups is 1. The molecule has 0 spiro atoms. The molecule has 2 N–H and O–H groups in total. The maximum Gasteiger partial charge on any atom is 0.330 e. The summed E-state index contributed by atoms with van der Waals surface area (Å²) < 4.78 is 10.4. The highest BCUT2D eigenvalue weighted by molar-refractivity contribution is 7.99. The van der Waals surface area contributed by atoms with Crippen molar-refractivity contribution in [2.45, 2.75) is 12.0 Å². The predicted octanol–water partition coefficient (Wildman–Crippen LogP) is 1.76. The summed E-state index contributed by atoms with van der Waals surface area (Å²) in [6.07, 6.45) is 0.400. The van der Waals surface area contributed by atoms with E-state index in [0.29, 0.717) is 29.4 Å². The number of amides is 1. The Kier molecular flexibility index (Phi) is 3.62. The van der Waals surface area contributed by atoms with Gasteiger partial charge in [0.15, 0.2) is 11.5 Å². The molecule has 21 heavy (non-hydrogen) atoms. The van der Waals surface area contributed by atoms with E-state index in [9.17, 15) is 14.7 Å². The van der Waals surface area contributed by atoms with Crippen molar-refractivity contribution in [2.24, 2.45) is 0 Å². The zero-order valence-corrected chi connectivity index (χ0v) is 12.4. The molecule has 1 fully saturated rings. The molecule has 0 saturated carbocycles. The molecule has 2 aliphatic rings. The molecule has 2 heterocycles. The molecule has 0 bridgehead atoms. The largest absolute Gasteiger partial charge is 0.479 e. The highest BCUT2D eigenvalue weighted by atomic mass is 35.5. The lowest BCUT2D eigenvalue weighted by molar-refractivity contribution is -0.143. The summed E-state index contributed by atoms with van der Waals surface area (Å²) in [5.74, 6) is 0.337. The Balaban J connectivity index is 1.86. The Morgan fingerprint density at radius 1 is 1.38 bits per heavy atom. The fraction of sp³-hybridized carbons (Fsp3) is 0.385. The smallest absolute Gasteiger partial charge is 0.330 e. The van der Waals surface area contributed by atoms with Crippen molar-refractivity contribution in [3.8, 4) is 11.5 Å². The number of hydrogen-bond acceptors (Lipinski definition) is 5. The van der Waals surface area contributed by atoms with Crippen LogP contribution in [0.2, 0.25) is 5.02 Å². The Bertz CT molecular complexity index is 615. The highest BCUT2D eigenvalue weighted by Crippen LogP contribution is 2.40. The second-order valence-electron chi connectivity index (χ2n) is 4.84. The molecule has 2 aliphatic heterocycles. The van der Waals surface area contributed by atoms with Crippen molar-refractivity contribution in [1.82, 2.24) is 5.32 Å². The van der Waals surface area contributed by atoms with Crippen LogP contribution in [0.25, 0.3) is 0 Å². The molecular weight excluding hydrogens is 318 g/mol. The van der Waals surface area contributed by atoms with E-state index in [1.165, 1.54) is 23.9 Å². The number of aliphatic carboxylic acids is 1. The van der Waals surface area contributed by atoms with Gasteiger partial charge in [-0.05, 0) is 24.3 Å². The average Bonchev–Trinajstić information content (AvgIpc) is 3.07. The Morgan fingerprint density at radius 2 is 2.19 bits per heavy atom. The second-order valence-corrected chi connectivity index (χ2v) is 6.35. The van der Waals surface area contributed by atoms with Crippen LogP contribution in [0.3, 0.4) is 0 Å². The first kappa shape index (κ1) is 14.3. The number of carbonyl (C=O) groups excluding carboxylic acids is 1. The summed E-state index contributed by atoms with van der Waals surface area (Å²) in [6.45, 7) is 0.0514. The number of nitrogens with one attached hydrogen (secondary N) is 1. The quantitative estimate of drug-likeness (QED) is 0.879. The van der Waals surface area contributed by atoms with Gasteiger partial charge in [-0.2, -0.15) is 11.8 Å². The van der Waals surface area contributed by atoms with Crippen LogP contribution in [-0.2, 0) is 4.79 Å². The van der Waals surface area contributed by atoms with Crippen molar-refractivity contribution in [3.05, 3.63) is 22.7 Å².